The molecule has 0 bridgehead atoms. The van der Waals surface area contributed by atoms with Crippen molar-refractivity contribution in [2.45, 2.75) is 0 Å². The lowest BCUT2D eigenvalue weighted by Crippen LogP contribution is -2.12. The molecule has 0 aromatic heterocycles. The molecule has 0 saturated carbocycles. The predicted octanol–water partition coefficient (Wildman–Crippen LogP) is 3.40. The molecular formula is C17H16ClNO5. The highest BCUT2D eigenvalue weighted by atomic mass is 35.5. The van der Waals surface area contributed by atoms with Gasteiger partial charge in [-0.25, -0.2) is 4.79 Å². The monoisotopic (exact) mass is 349 g/mol. The first-order valence-corrected chi connectivity index (χ1v) is 7.29. The molecule has 24 heavy (non-hydrogen) atoms. The van der Waals surface area contributed by atoms with Crippen molar-refractivity contribution >= 4 is 29.2 Å². The summed E-state index contributed by atoms with van der Waals surface area (Å²) in [5.74, 6) is -0.0995. The van der Waals surface area contributed by atoms with E-state index >= 15 is 0 Å². The number of benzene rings is 2. The lowest BCUT2D eigenvalue weighted by molar-refractivity contribution is 0.0600. The summed E-state index contributed by atoms with van der Waals surface area (Å²) in [5.41, 5.74) is 1.23. The molecule has 0 unspecified atom stereocenters. The van der Waals surface area contributed by atoms with Gasteiger partial charge >= 0.3 is 5.97 Å². The highest BCUT2D eigenvalue weighted by Crippen LogP contribution is 2.36. The van der Waals surface area contributed by atoms with Crippen LogP contribution >= 0.6 is 11.6 Å². The molecule has 0 spiro atoms. The van der Waals surface area contributed by atoms with Crippen molar-refractivity contribution in [3.63, 3.8) is 0 Å². The molecule has 0 aliphatic heterocycles. The minimum absolute atomic E-state index is 0.267. The number of nitrogens with one attached hydrogen (secondary N) is 1. The second-order valence-electron chi connectivity index (χ2n) is 4.72. The summed E-state index contributed by atoms with van der Waals surface area (Å²) in [5, 5.41) is 2.98. The molecule has 1 N–H and O–H groups in total. The first kappa shape index (κ1) is 17.6. The van der Waals surface area contributed by atoms with E-state index in [1.54, 1.807) is 24.3 Å². The van der Waals surface area contributed by atoms with Crippen LogP contribution in [0.1, 0.15) is 20.7 Å². The van der Waals surface area contributed by atoms with Gasteiger partial charge in [-0.1, -0.05) is 11.6 Å². The molecule has 0 aliphatic carbocycles. The van der Waals surface area contributed by atoms with Crippen molar-refractivity contribution < 1.29 is 23.8 Å². The highest BCUT2D eigenvalue weighted by Gasteiger charge is 2.15. The molecule has 2 aromatic carbocycles. The van der Waals surface area contributed by atoms with E-state index in [-0.39, 0.29) is 10.9 Å². The summed E-state index contributed by atoms with van der Waals surface area (Å²) < 4.78 is 14.9. The van der Waals surface area contributed by atoms with E-state index in [0.29, 0.717) is 28.3 Å². The third-order valence-corrected chi connectivity index (χ3v) is 3.54. The maximum absolute atomic E-state index is 12.4. The van der Waals surface area contributed by atoms with E-state index in [1.807, 2.05) is 0 Å². The number of halogens is 1. The molecule has 126 valence electrons. The minimum atomic E-state index is -0.445. The number of esters is 1. The molecule has 2 aromatic rings. The first-order valence-electron chi connectivity index (χ1n) is 6.91. The van der Waals surface area contributed by atoms with E-state index in [0.717, 1.165) is 0 Å². The summed E-state index contributed by atoms with van der Waals surface area (Å²) in [6.45, 7) is 0. The van der Waals surface area contributed by atoms with Crippen LogP contribution in [0.2, 0.25) is 5.02 Å². The van der Waals surface area contributed by atoms with Gasteiger partial charge in [0.1, 0.15) is 0 Å². The second kappa shape index (κ2) is 7.70. The quantitative estimate of drug-likeness (QED) is 0.837. The van der Waals surface area contributed by atoms with Crippen LogP contribution in [0.5, 0.6) is 11.5 Å². The molecular weight excluding hydrogens is 334 g/mol. The molecule has 0 heterocycles. The van der Waals surface area contributed by atoms with Gasteiger partial charge in [-0.15, -0.1) is 0 Å². The van der Waals surface area contributed by atoms with Gasteiger partial charge in [0, 0.05) is 11.3 Å². The Bertz CT molecular complexity index is 758. The molecule has 0 radical (unpaired) electrons. The number of hydrogen-bond acceptors (Lipinski definition) is 5. The van der Waals surface area contributed by atoms with Gasteiger partial charge in [0.05, 0.1) is 31.9 Å². The van der Waals surface area contributed by atoms with Crippen LogP contribution in [-0.2, 0) is 4.74 Å². The Morgan fingerprint density at radius 3 is 2.17 bits per heavy atom. The number of rotatable bonds is 5. The predicted molar refractivity (Wildman–Crippen MR) is 90.3 cm³/mol. The van der Waals surface area contributed by atoms with Crippen LogP contribution in [0.15, 0.2) is 36.4 Å². The maximum atomic E-state index is 12.4. The van der Waals surface area contributed by atoms with Gasteiger partial charge in [-0.3, -0.25) is 4.79 Å². The topological polar surface area (TPSA) is 73.9 Å². The van der Waals surface area contributed by atoms with E-state index in [4.69, 9.17) is 21.1 Å². The fourth-order valence-electron chi connectivity index (χ4n) is 2.06. The van der Waals surface area contributed by atoms with Gasteiger partial charge < -0.3 is 19.5 Å². The average molecular weight is 350 g/mol. The van der Waals surface area contributed by atoms with Crippen molar-refractivity contribution in [1.29, 1.82) is 0 Å². The first-order chi connectivity index (χ1) is 11.5. The number of carbonyl (C=O) groups is 2. The number of ether oxygens (including phenoxy) is 3. The molecule has 0 saturated heterocycles. The maximum Gasteiger partial charge on any atom is 0.337 e. The Balaban J connectivity index is 2.21. The number of carbonyl (C=O) groups excluding carboxylic acids is 2. The van der Waals surface area contributed by atoms with Crippen molar-refractivity contribution in [2.75, 3.05) is 26.6 Å². The summed E-state index contributed by atoms with van der Waals surface area (Å²) in [6, 6.07) is 9.34. The van der Waals surface area contributed by atoms with Crippen LogP contribution in [0.3, 0.4) is 0 Å². The molecule has 2 rings (SSSR count). The zero-order valence-corrected chi connectivity index (χ0v) is 14.1. The average Bonchev–Trinajstić information content (AvgIpc) is 2.60. The van der Waals surface area contributed by atoms with Crippen LogP contribution in [0.4, 0.5) is 5.69 Å². The molecule has 0 fully saturated rings. The van der Waals surface area contributed by atoms with Crippen molar-refractivity contribution in [3.05, 3.63) is 52.5 Å². The summed E-state index contributed by atoms with van der Waals surface area (Å²) in [6.07, 6.45) is 0. The summed E-state index contributed by atoms with van der Waals surface area (Å²) in [7, 11) is 4.23. The van der Waals surface area contributed by atoms with Crippen LogP contribution in [0.25, 0.3) is 0 Å². The van der Waals surface area contributed by atoms with E-state index < -0.39 is 5.97 Å². The van der Waals surface area contributed by atoms with Gasteiger partial charge in [0.15, 0.2) is 11.5 Å². The largest absolute Gasteiger partial charge is 0.493 e. The van der Waals surface area contributed by atoms with Gasteiger partial charge in [0.25, 0.3) is 5.91 Å². The van der Waals surface area contributed by atoms with Crippen LogP contribution in [0, 0.1) is 0 Å². The number of methoxy groups -OCH3 is 3. The van der Waals surface area contributed by atoms with Crippen molar-refractivity contribution in [1.82, 2.24) is 0 Å². The Morgan fingerprint density at radius 2 is 1.62 bits per heavy atom. The van der Waals surface area contributed by atoms with E-state index in [9.17, 15) is 9.59 Å². The van der Waals surface area contributed by atoms with Crippen LogP contribution < -0.4 is 14.8 Å². The molecule has 0 aliphatic rings. The normalized spacial score (nSPS) is 10.0. The smallest absolute Gasteiger partial charge is 0.337 e. The van der Waals surface area contributed by atoms with Gasteiger partial charge in [-0.05, 0) is 36.4 Å². The highest BCUT2D eigenvalue weighted by molar-refractivity contribution is 6.32. The third-order valence-electron chi connectivity index (χ3n) is 3.26. The van der Waals surface area contributed by atoms with Crippen LogP contribution in [-0.4, -0.2) is 33.2 Å². The van der Waals surface area contributed by atoms with E-state index in [1.165, 1.54) is 33.5 Å². The number of anilines is 1. The van der Waals surface area contributed by atoms with Crippen molar-refractivity contribution in [3.8, 4) is 11.5 Å². The Kier molecular flexibility index (Phi) is 5.65. The Hall–Kier alpha value is -2.73. The fraction of sp³-hybridized carbons (Fsp3) is 0.176. The lowest BCUT2D eigenvalue weighted by atomic mass is 10.1. The minimum Gasteiger partial charge on any atom is -0.493 e. The number of hydrogen-bond donors (Lipinski definition) is 1. The van der Waals surface area contributed by atoms with Gasteiger partial charge in [0.2, 0.25) is 0 Å². The SMILES string of the molecule is COC(=O)c1ccc(NC(=O)c2cc(Cl)c(OC)c(OC)c2)cc1. The zero-order chi connectivity index (χ0) is 17.7. The third kappa shape index (κ3) is 3.78. The molecule has 0 atom stereocenters. The second-order valence-corrected chi connectivity index (χ2v) is 5.12. The Morgan fingerprint density at radius 1 is 0.958 bits per heavy atom. The summed E-state index contributed by atoms with van der Waals surface area (Å²) >= 11 is 6.10. The van der Waals surface area contributed by atoms with Crippen molar-refractivity contribution in [2.24, 2.45) is 0 Å². The zero-order valence-electron chi connectivity index (χ0n) is 13.4. The molecule has 7 heteroatoms. The fourth-order valence-corrected chi connectivity index (χ4v) is 2.35. The molecule has 1 amide bonds. The standard InChI is InChI=1S/C17H16ClNO5/c1-22-14-9-11(8-13(18)15(14)23-2)16(20)19-12-6-4-10(5-7-12)17(21)24-3/h4-9H,1-3H3,(H,19,20). The van der Waals surface area contributed by atoms with Gasteiger partial charge in [-0.2, -0.15) is 0 Å². The van der Waals surface area contributed by atoms with E-state index in [2.05, 4.69) is 10.1 Å². The summed E-state index contributed by atoms with van der Waals surface area (Å²) in [4.78, 5) is 23.7. The Labute approximate surface area is 144 Å². The number of amides is 1. The molecule has 6 nitrogen and oxygen atoms in total. The lowest BCUT2D eigenvalue weighted by Gasteiger charge is -2.12.